The van der Waals surface area contributed by atoms with Gasteiger partial charge in [0.15, 0.2) is 0 Å². The first-order chi connectivity index (χ1) is 17.2. The summed E-state index contributed by atoms with van der Waals surface area (Å²) in [6.07, 6.45) is 0. The van der Waals surface area contributed by atoms with E-state index in [1.54, 1.807) is 29.2 Å². The van der Waals surface area contributed by atoms with Gasteiger partial charge in [-0.1, -0.05) is 59.7 Å². The van der Waals surface area contributed by atoms with Gasteiger partial charge in [0.05, 0.1) is 11.6 Å². The molecule has 6 nitrogen and oxygen atoms in total. The van der Waals surface area contributed by atoms with Gasteiger partial charge in [-0.25, -0.2) is 0 Å². The van der Waals surface area contributed by atoms with Gasteiger partial charge in [-0.2, -0.15) is 0 Å². The lowest BCUT2D eigenvalue weighted by Gasteiger charge is -2.26. The molecule has 1 saturated heterocycles. The lowest BCUT2D eigenvalue weighted by atomic mass is 9.94. The number of aliphatic hydroxyl groups excluding tert-OH is 1. The molecule has 6 heteroatoms. The number of benzene rings is 3. The van der Waals surface area contributed by atoms with Crippen molar-refractivity contribution in [3.8, 4) is 5.75 Å². The number of hydrogen-bond donors (Lipinski definition) is 1. The monoisotopic (exact) mass is 484 g/mol. The van der Waals surface area contributed by atoms with Gasteiger partial charge in [-0.05, 0) is 63.3 Å². The van der Waals surface area contributed by atoms with Crippen LogP contribution in [0.5, 0.6) is 5.75 Å². The summed E-state index contributed by atoms with van der Waals surface area (Å²) in [5.74, 6) is -0.801. The second kappa shape index (κ2) is 10.8. The molecule has 1 N–H and O–H groups in total. The molecular formula is C30H32N2O4. The topological polar surface area (TPSA) is 70.1 Å². The van der Waals surface area contributed by atoms with Crippen molar-refractivity contribution >= 4 is 17.4 Å². The number of ether oxygens (including phenoxy) is 1. The highest BCUT2D eigenvalue weighted by molar-refractivity contribution is 6.46. The molecule has 1 aliphatic rings. The molecule has 0 radical (unpaired) electrons. The Bertz CT molecular complexity index is 1280. The van der Waals surface area contributed by atoms with E-state index in [0.717, 1.165) is 16.7 Å². The van der Waals surface area contributed by atoms with E-state index in [1.807, 2.05) is 75.3 Å². The maximum atomic E-state index is 13.1. The van der Waals surface area contributed by atoms with E-state index < -0.39 is 17.7 Å². The standard InChI is InChI=1S/C30H32N2O4/c1-20-8-10-23(11-9-20)27-26(29(34)30(35)32(27)17-16-31(3)4)28(33)24-12-14-25(15-13-24)36-19-22-7-5-6-21(2)18-22/h5-15,18,27,33H,16-17,19H2,1-4H3/t27-/m1/s1. The molecule has 0 aliphatic carbocycles. The number of carbonyl (C=O) groups excluding carboxylic acids is 2. The minimum Gasteiger partial charge on any atom is -0.507 e. The van der Waals surface area contributed by atoms with Crippen LogP contribution >= 0.6 is 0 Å². The zero-order valence-electron chi connectivity index (χ0n) is 21.2. The number of amides is 1. The predicted molar refractivity (Wildman–Crippen MR) is 141 cm³/mol. The molecule has 3 aromatic rings. The number of carbonyl (C=O) groups is 2. The average molecular weight is 485 g/mol. The van der Waals surface area contributed by atoms with Crippen LogP contribution in [0.15, 0.2) is 78.4 Å². The Morgan fingerprint density at radius 2 is 1.64 bits per heavy atom. The van der Waals surface area contributed by atoms with Crippen LogP contribution in [0.2, 0.25) is 0 Å². The van der Waals surface area contributed by atoms with Crippen LogP contribution in [0, 0.1) is 13.8 Å². The van der Waals surface area contributed by atoms with E-state index in [2.05, 4.69) is 6.07 Å². The van der Waals surface area contributed by atoms with Crippen LogP contribution in [0.25, 0.3) is 5.76 Å². The van der Waals surface area contributed by atoms with Crippen molar-refractivity contribution in [2.24, 2.45) is 0 Å². The number of ketones is 1. The van der Waals surface area contributed by atoms with E-state index in [-0.39, 0.29) is 11.3 Å². The molecule has 1 aliphatic heterocycles. The van der Waals surface area contributed by atoms with E-state index in [9.17, 15) is 14.7 Å². The molecule has 1 heterocycles. The van der Waals surface area contributed by atoms with Gasteiger partial charge in [-0.15, -0.1) is 0 Å². The molecular weight excluding hydrogens is 452 g/mol. The van der Waals surface area contributed by atoms with Crippen molar-refractivity contribution in [3.05, 3.63) is 106 Å². The molecule has 1 fully saturated rings. The fourth-order valence-electron chi connectivity index (χ4n) is 4.35. The summed E-state index contributed by atoms with van der Waals surface area (Å²) in [7, 11) is 3.83. The largest absolute Gasteiger partial charge is 0.507 e. The Labute approximate surface area is 212 Å². The zero-order chi connectivity index (χ0) is 25.8. The first kappa shape index (κ1) is 25.2. The Morgan fingerprint density at radius 1 is 0.944 bits per heavy atom. The normalized spacial score (nSPS) is 17.1. The van der Waals surface area contributed by atoms with Crippen molar-refractivity contribution in [1.82, 2.24) is 9.80 Å². The van der Waals surface area contributed by atoms with E-state index >= 15 is 0 Å². The molecule has 3 aromatic carbocycles. The number of likely N-dealkylation sites (tertiary alicyclic amines) is 1. The Balaban J connectivity index is 1.64. The fraction of sp³-hybridized carbons (Fsp3) is 0.267. The van der Waals surface area contributed by atoms with Crippen LogP contribution in [-0.4, -0.2) is 53.8 Å². The summed E-state index contributed by atoms with van der Waals surface area (Å²) in [4.78, 5) is 29.7. The van der Waals surface area contributed by atoms with E-state index in [4.69, 9.17) is 4.74 Å². The highest BCUT2D eigenvalue weighted by atomic mass is 16.5. The van der Waals surface area contributed by atoms with E-state index in [1.165, 1.54) is 5.56 Å². The number of hydrogen-bond acceptors (Lipinski definition) is 5. The lowest BCUT2D eigenvalue weighted by Crippen LogP contribution is -2.35. The summed E-state index contributed by atoms with van der Waals surface area (Å²) < 4.78 is 5.89. The molecule has 0 aromatic heterocycles. The number of rotatable bonds is 8. The average Bonchev–Trinajstić information content (AvgIpc) is 3.11. The fourth-order valence-corrected chi connectivity index (χ4v) is 4.35. The minimum atomic E-state index is -0.670. The van der Waals surface area contributed by atoms with Crippen molar-refractivity contribution in [3.63, 3.8) is 0 Å². The molecule has 1 amide bonds. The first-order valence-corrected chi connectivity index (χ1v) is 12.0. The third-order valence-electron chi connectivity index (χ3n) is 6.34. The van der Waals surface area contributed by atoms with Crippen LogP contribution in [-0.2, 0) is 16.2 Å². The molecule has 0 bridgehead atoms. The van der Waals surface area contributed by atoms with Gasteiger partial charge in [0, 0.05) is 18.7 Å². The van der Waals surface area contributed by atoms with Crippen LogP contribution in [0.4, 0.5) is 0 Å². The number of nitrogens with zero attached hydrogens (tertiary/aromatic N) is 2. The van der Waals surface area contributed by atoms with Gasteiger partial charge in [0.25, 0.3) is 11.7 Å². The SMILES string of the molecule is Cc1ccc([C@@H]2C(=C(O)c3ccc(OCc4cccc(C)c4)cc3)C(=O)C(=O)N2CCN(C)C)cc1. The molecule has 0 spiro atoms. The molecule has 186 valence electrons. The van der Waals surface area contributed by atoms with Gasteiger partial charge < -0.3 is 19.6 Å². The molecule has 4 rings (SSSR count). The minimum absolute atomic E-state index is 0.107. The molecule has 36 heavy (non-hydrogen) atoms. The highest BCUT2D eigenvalue weighted by Gasteiger charge is 2.45. The summed E-state index contributed by atoms with van der Waals surface area (Å²) >= 11 is 0. The summed E-state index contributed by atoms with van der Waals surface area (Å²) in [6.45, 7) is 5.42. The molecule has 0 saturated carbocycles. The van der Waals surface area contributed by atoms with Gasteiger partial charge in [-0.3, -0.25) is 9.59 Å². The number of Topliss-reactive ketones (excluding diaryl/α,β-unsaturated/α-hetero) is 1. The van der Waals surface area contributed by atoms with Gasteiger partial charge >= 0.3 is 0 Å². The third kappa shape index (κ3) is 5.50. The Kier molecular flexibility index (Phi) is 7.55. The van der Waals surface area contributed by atoms with Crippen molar-refractivity contribution < 1.29 is 19.4 Å². The maximum absolute atomic E-state index is 13.1. The molecule has 0 unspecified atom stereocenters. The van der Waals surface area contributed by atoms with Crippen LogP contribution < -0.4 is 4.74 Å². The number of aliphatic hydroxyl groups is 1. The van der Waals surface area contributed by atoms with Crippen LogP contribution in [0.3, 0.4) is 0 Å². The van der Waals surface area contributed by atoms with E-state index in [0.29, 0.717) is 31.0 Å². The Hall–Kier alpha value is -3.90. The van der Waals surface area contributed by atoms with Gasteiger partial charge in [0.1, 0.15) is 18.1 Å². The van der Waals surface area contributed by atoms with Crippen molar-refractivity contribution in [1.29, 1.82) is 0 Å². The second-order valence-corrected chi connectivity index (χ2v) is 9.51. The first-order valence-electron chi connectivity index (χ1n) is 12.0. The quantitative estimate of drug-likeness (QED) is 0.281. The maximum Gasteiger partial charge on any atom is 0.295 e. The third-order valence-corrected chi connectivity index (χ3v) is 6.34. The van der Waals surface area contributed by atoms with Crippen LogP contribution in [0.1, 0.15) is 33.9 Å². The number of likely N-dealkylation sites (N-methyl/N-ethyl adjacent to an activating group) is 1. The lowest BCUT2D eigenvalue weighted by molar-refractivity contribution is -0.140. The summed E-state index contributed by atoms with van der Waals surface area (Å²) in [5, 5.41) is 11.2. The van der Waals surface area contributed by atoms with Gasteiger partial charge in [0.2, 0.25) is 0 Å². The highest BCUT2D eigenvalue weighted by Crippen LogP contribution is 2.39. The number of aryl methyl sites for hydroxylation is 2. The smallest absolute Gasteiger partial charge is 0.295 e. The Morgan fingerprint density at radius 3 is 2.28 bits per heavy atom. The predicted octanol–water partition coefficient (Wildman–Crippen LogP) is 4.87. The summed E-state index contributed by atoms with van der Waals surface area (Å²) in [5.41, 5.74) is 4.67. The van der Waals surface area contributed by atoms with Crippen molar-refractivity contribution in [2.75, 3.05) is 27.2 Å². The molecule has 1 atom stereocenters. The van der Waals surface area contributed by atoms with Crippen molar-refractivity contribution in [2.45, 2.75) is 26.5 Å². The second-order valence-electron chi connectivity index (χ2n) is 9.51. The summed E-state index contributed by atoms with van der Waals surface area (Å²) in [6, 6.07) is 22.1. The zero-order valence-corrected chi connectivity index (χ0v) is 21.2.